The molecule has 1 heterocycles. The highest BCUT2D eigenvalue weighted by Gasteiger charge is 2.33. The first-order chi connectivity index (χ1) is 12.6. The van der Waals surface area contributed by atoms with Crippen molar-refractivity contribution in [2.24, 2.45) is 0 Å². The standard InChI is InChI=1S/C21H33N3O2/c1-17(23-14-12-22(2)13-15-23)8-11-21(25)24(19-9-10-19)16-18-6-4-5-7-20(18)26-3/h4-7,17,19H,8-16H2,1-3H3. The molecule has 3 rings (SSSR count). The smallest absolute Gasteiger partial charge is 0.223 e. The first-order valence-corrected chi connectivity index (χ1v) is 9.92. The normalized spacial score (nSPS) is 20.0. The fraction of sp³-hybridized carbons (Fsp3) is 0.667. The molecule has 0 radical (unpaired) electrons. The molecular weight excluding hydrogens is 326 g/mol. The van der Waals surface area contributed by atoms with Crippen molar-refractivity contribution in [1.82, 2.24) is 14.7 Å². The molecule has 1 aromatic rings. The van der Waals surface area contributed by atoms with E-state index in [4.69, 9.17) is 4.74 Å². The summed E-state index contributed by atoms with van der Waals surface area (Å²) in [5.74, 6) is 1.16. The van der Waals surface area contributed by atoms with Crippen molar-refractivity contribution in [3.05, 3.63) is 29.8 Å². The summed E-state index contributed by atoms with van der Waals surface area (Å²) in [5, 5.41) is 0. The Kier molecular flexibility index (Phi) is 6.54. The summed E-state index contributed by atoms with van der Waals surface area (Å²) >= 11 is 0. The van der Waals surface area contributed by atoms with Crippen LogP contribution in [-0.2, 0) is 11.3 Å². The summed E-state index contributed by atoms with van der Waals surface area (Å²) in [7, 11) is 3.87. The quantitative estimate of drug-likeness (QED) is 0.715. The van der Waals surface area contributed by atoms with Crippen molar-refractivity contribution in [2.75, 3.05) is 40.3 Å². The average molecular weight is 360 g/mol. The van der Waals surface area contributed by atoms with Crippen molar-refractivity contribution < 1.29 is 9.53 Å². The number of carbonyl (C=O) groups excluding carboxylic acids is 1. The lowest BCUT2D eigenvalue weighted by Crippen LogP contribution is -2.48. The van der Waals surface area contributed by atoms with E-state index >= 15 is 0 Å². The van der Waals surface area contributed by atoms with Gasteiger partial charge >= 0.3 is 0 Å². The maximum absolute atomic E-state index is 12.9. The van der Waals surface area contributed by atoms with E-state index in [0.717, 1.165) is 56.8 Å². The molecule has 5 nitrogen and oxygen atoms in total. The van der Waals surface area contributed by atoms with Crippen molar-refractivity contribution in [1.29, 1.82) is 0 Å². The lowest BCUT2D eigenvalue weighted by Gasteiger charge is -2.36. The minimum absolute atomic E-state index is 0.291. The number of para-hydroxylation sites is 1. The van der Waals surface area contributed by atoms with Gasteiger partial charge < -0.3 is 14.5 Å². The van der Waals surface area contributed by atoms with Crippen molar-refractivity contribution in [3.8, 4) is 5.75 Å². The van der Waals surface area contributed by atoms with Crippen molar-refractivity contribution >= 4 is 5.91 Å². The number of amides is 1. The molecule has 144 valence electrons. The molecule has 1 aliphatic carbocycles. The van der Waals surface area contributed by atoms with E-state index in [1.807, 2.05) is 18.2 Å². The molecule has 0 aromatic heterocycles. The second-order valence-corrected chi connectivity index (χ2v) is 7.79. The summed E-state index contributed by atoms with van der Waals surface area (Å²) in [5.41, 5.74) is 1.10. The highest BCUT2D eigenvalue weighted by molar-refractivity contribution is 5.77. The van der Waals surface area contributed by atoms with Crippen LogP contribution in [0.15, 0.2) is 24.3 Å². The van der Waals surface area contributed by atoms with E-state index in [-0.39, 0.29) is 0 Å². The molecular formula is C21H33N3O2. The number of rotatable bonds is 8. The average Bonchev–Trinajstić information content (AvgIpc) is 3.49. The molecule has 1 amide bonds. The second kappa shape index (κ2) is 8.87. The fourth-order valence-corrected chi connectivity index (χ4v) is 3.75. The van der Waals surface area contributed by atoms with Crippen LogP contribution < -0.4 is 4.74 Å². The number of piperazine rings is 1. The Bertz CT molecular complexity index is 595. The van der Waals surface area contributed by atoms with Gasteiger partial charge in [0.2, 0.25) is 5.91 Å². The van der Waals surface area contributed by atoms with E-state index in [0.29, 0.717) is 31.0 Å². The maximum Gasteiger partial charge on any atom is 0.223 e. The summed E-state index contributed by atoms with van der Waals surface area (Å²) in [6.45, 7) is 7.40. The van der Waals surface area contributed by atoms with E-state index in [1.54, 1.807) is 7.11 Å². The highest BCUT2D eigenvalue weighted by Crippen LogP contribution is 2.31. The van der Waals surface area contributed by atoms with Crippen LogP contribution in [0.2, 0.25) is 0 Å². The monoisotopic (exact) mass is 359 g/mol. The molecule has 0 N–H and O–H groups in total. The van der Waals surface area contributed by atoms with Crippen LogP contribution in [-0.4, -0.2) is 73.0 Å². The van der Waals surface area contributed by atoms with E-state index in [2.05, 4.69) is 34.7 Å². The Hall–Kier alpha value is -1.59. The Morgan fingerprint density at radius 1 is 1.23 bits per heavy atom. The Morgan fingerprint density at radius 3 is 2.58 bits per heavy atom. The summed E-state index contributed by atoms with van der Waals surface area (Å²) in [6.07, 6.45) is 3.85. The second-order valence-electron chi connectivity index (χ2n) is 7.79. The van der Waals surface area contributed by atoms with E-state index in [9.17, 15) is 4.79 Å². The third-order valence-corrected chi connectivity index (χ3v) is 5.78. The molecule has 1 atom stereocenters. The predicted molar refractivity (Wildman–Crippen MR) is 104 cm³/mol. The molecule has 2 aliphatic rings. The number of likely N-dealkylation sites (N-methyl/N-ethyl adjacent to an activating group) is 1. The molecule has 0 spiro atoms. The molecule has 2 fully saturated rings. The van der Waals surface area contributed by atoms with Crippen LogP contribution in [0.25, 0.3) is 0 Å². The van der Waals surface area contributed by atoms with E-state index < -0.39 is 0 Å². The predicted octanol–water partition coefficient (Wildman–Crippen LogP) is 2.60. The fourth-order valence-electron chi connectivity index (χ4n) is 3.75. The van der Waals surface area contributed by atoms with Gasteiger partial charge in [-0.1, -0.05) is 18.2 Å². The summed E-state index contributed by atoms with van der Waals surface area (Å²) in [6, 6.07) is 8.92. The summed E-state index contributed by atoms with van der Waals surface area (Å²) < 4.78 is 5.46. The summed E-state index contributed by atoms with van der Waals surface area (Å²) in [4.78, 5) is 19.9. The lowest BCUT2D eigenvalue weighted by atomic mass is 10.1. The van der Waals surface area contributed by atoms with Crippen LogP contribution in [0.1, 0.15) is 38.2 Å². The van der Waals surface area contributed by atoms with Crippen LogP contribution >= 0.6 is 0 Å². The van der Waals surface area contributed by atoms with Crippen LogP contribution in [0.4, 0.5) is 0 Å². The number of hydrogen-bond donors (Lipinski definition) is 0. The highest BCUT2D eigenvalue weighted by atomic mass is 16.5. The van der Waals surface area contributed by atoms with Crippen LogP contribution in [0, 0.1) is 0 Å². The van der Waals surface area contributed by atoms with Gasteiger partial charge in [0.25, 0.3) is 0 Å². The first-order valence-electron chi connectivity index (χ1n) is 9.92. The number of nitrogens with zero attached hydrogens (tertiary/aromatic N) is 3. The zero-order chi connectivity index (χ0) is 18.5. The van der Waals surface area contributed by atoms with Gasteiger partial charge in [0, 0.05) is 56.8 Å². The Morgan fingerprint density at radius 2 is 1.92 bits per heavy atom. The molecule has 1 saturated heterocycles. The van der Waals surface area contributed by atoms with Gasteiger partial charge in [-0.2, -0.15) is 0 Å². The first kappa shape index (κ1) is 19.2. The number of benzene rings is 1. The SMILES string of the molecule is COc1ccccc1CN(C(=O)CCC(C)N1CCN(C)CC1)C1CC1. The van der Waals surface area contributed by atoms with Gasteiger partial charge in [0.1, 0.15) is 5.75 Å². The largest absolute Gasteiger partial charge is 0.496 e. The number of hydrogen-bond acceptors (Lipinski definition) is 4. The van der Waals surface area contributed by atoms with Crippen LogP contribution in [0.5, 0.6) is 5.75 Å². The van der Waals surface area contributed by atoms with Gasteiger partial charge in [-0.3, -0.25) is 9.69 Å². The molecule has 1 aromatic carbocycles. The van der Waals surface area contributed by atoms with Gasteiger partial charge in [-0.25, -0.2) is 0 Å². The molecule has 5 heteroatoms. The number of ether oxygens (including phenoxy) is 1. The molecule has 26 heavy (non-hydrogen) atoms. The topological polar surface area (TPSA) is 36.0 Å². The van der Waals surface area contributed by atoms with Crippen LogP contribution in [0.3, 0.4) is 0 Å². The van der Waals surface area contributed by atoms with Crippen molar-refractivity contribution in [3.63, 3.8) is 0 Å². The Balaban J connectivity index is 1.54. The third kappa shape index (κ3) is 4.98. The molecule has 1 unspecified atom stereocenters. The van der Waals surface area contributed by atoms with E-state index in [1.165, 1.54) is 0 Å². The van der Waals surface area contributed by atoms with Gasteiger partial charge in [-0.15, -0.1) is 0 Å². The maximum atomic E-state index is 12.9. The third-order valence-electron chi connectivity index (χ3n) is 5.78. The zero-order valence-corrected chi connectivity index (χ0v) is 16.5. The minimum Gasteiger partial charge on any atom is -0.496 e. The van der Waals surface area contributed by atoms with Gasteiger partial charge in [0.05, 0.1) is 7.11 Å². The lowest BCUT2D eigenvalue weighted by molar-refractivity contribution is -0.132. The molecule has 1 aliphatic heterocycles. The Labute approximate surface area is 157 Å². The minimum atomic E-state index is 0.291. The molecule has 0 bridgehead atoms. The van der Waals surface area contributed by atoms with Gasteiger partial charge in [0.15, 0.2) is 0 Å². The molecule has 1 saturated carbocycles. The zero-order valence-electron chi connectivity index (χ0n) is 16.5. The van der Waals surface area contributed by atoms with Crippen molar-refractivity contribution in [2.45, 2.75) is 51.2 Å². The number of methoxy groups -OCH3 is 1. The van der Waals surface area contributed by atoms with Gasteiger partial charge in [-0.05, 0) is 39.3 Å². The number of carbonyl (C=O) groups is 1.